The van der Waals surface area contributed by atoms with Crippen LogP contribution in [0, 0.1) is 6.92 Å². The summed E-state index contributed by atoms with van der Waals surface area (Å²) in [6.45, 7) is 3.17. The molecule has 1 aromatic heterocycles. The zero-order valence-electron chi connectivity index (χ0n) is 13.3. The second-order valence-electron chi connectivity index (χ2n) is 4.81. The number of hydrogen-bond donors (Lipinski definition) is 1. The van der Waals surface area contributed by atoms with Crippen LogP contribution in [0.2, 0.25) is 0 Å². The molecule has 0 fully saturated rings. The van der Waals surface area contributed by atoms with E-state index in [4.69, 9.17) is 0 Å². The number of anilines is 1. The number of nitrogens with one attached hydrogen (secondary N) is 1. The molecular formula is C15H16N2O5S2. The van der Waals surface area contributed by atoms with Gasteiger partial charge in [0.2, 0.25) is 0 Å². The van der Waals surface area contributed by atoms with E-state index in [2.05, 4.69) is 15.0 Å². The van der Waals surface area contributed by atoms with Gasteiger partial charge in [-0.05, 0) is 25.1 Å². The standard InChI is InChI=1S/C15H16N2O5S2/c1-4-24(20,21)11-7-5-6-10(8-11)13(18)17-15-16-9(2)12(23-15)14(19)22-3/h5-8H,4H2,1-3H3,(H,16,17,18). The maximum Gasteiger partial charge on any atom is 0.350 e. The van der Waals surface area contributed by atoms with E-state index in [1.807, 2.05) is 0 Å². The summed E-state index contributed by atoms with van der Waals surface area (Å²) >= 11 is 0.994. The van der Waals surface area contributed by atoms with E-state index >= 15 is 0 Å². The number of ether oxygens (including phenoxy) is 1. The number of rotatable bonds is 5. The highest BCUT2D eigenvalue weighted by Crippen LogP contribution is 2.24. The SMILES string of the molecule is CCS(=O)(=O)c1cccc(C(=O)Nc2nc(C)c(C(=O)OC)s2)c1. The van der Waals surface area contributed by atoms with Gasteiger partial charge >= 0.3 is 5.97 Å². The molecule has 1 N–H and O–H groups in total. The fourth-order valence-corrected chi connectivity index (χ4v) is 3.70. The molecule has 24 heavy (non-hydrogen) atoms. The molecule has 2 aromatic rings. The number of methoxy groups -OCH3 is 1. The normalized spacial score (nSPS) is 11.1. The van der Waals surface area contributed by atoms with Crippen molar-refractivity contribution in [1.29, 1.82) is 0 Å². The van der Waals surface area contributed by atoms with Crippen molar-refractivity contribution in [2.45, 2.75) is 18.7 Å². The van der Waals surface area contributed by atoms with Crippen LogP contribution in [-0.2, 0) is 14.6 Å². The molecule has 0 spiro atoms. The van der Waals surface area contributed by atoms with Crippen LogP contribution in [0.3, 0.4) is 0 Å². The summed E-state index contributed by atoms with van der Waals surface area (Å²) in [4.78, 5) is 28.3. The highest BCUT2D eigenvalue weighted by atomic mass is 32.2. The van der Waals surface area contributed by atoms with Gasteiger partial charge in [-0.3, -0.25) is 10.1 Å². The van der Waals surface area contributed by atoms with Gasteiger partial charge < -0.3 is 4.74 Å². The highest BCUT2D eigenvalue weighted by Gasteiger charge is 2.18. The lowest BCUT2D eigenvalue weighted by molar-refractivity contribution is 0.0605. The molecule has 0 saturated carbocycles. The molecule has 1 aromatic carbocycles. The highest BCUT2D eigenvalue weighted by molar-refractivity contribution is 7.91. The molecule has 2 rings (SSSR count). The first kappa shape index (κ1) is 18.1. The lowest BCUT2D eigenvalue weighted by Crippen LogP contribution is -2.13. The number of amides is 1. The predicted molar refractivity (Wildman–Crippen MR) is 90.3 cm³/mol. The number of carbonyl (C=O) groups excluding carboxylic acids is 2. The molecule has 0 bridgehead atoms. The second-order valence-corrected chi connectivity index (χ2v) is 8.09. The van der Waals surface area contributed by atoms with Crippen LogP contribution in [0.1, 0.15) is 32.6 Å². The molecule has 0 atom stereocenters. The first-order chi connectivity index (χ1) is 11.3. The Morgan fingerprint density at radius 3 is 2.67 bits per heavy atom. The van der Waals surface area contributed by atoms with E-state index in [1.165, 1.54) is 38.3 Å². The largest absolute Gasteiger partial charge is 0.465 e. The van der Waals surface area contributed by atoms with Crippen molar-refractivity contribution in [1.82, 2.24) is 4.98 Å². The van der Waals surface area contributed by atoms with Crippen molar-refractivity contribution >= 4 is 38.2 Å². The van der Waals surface area contributed by atoms with E-state index in [9.17, 15) is 18.0 Å². The molecule has 0 aliphatic carbocycles. The third-order valence-corrected chi connectivity index (χ3v) is 6.01. The number of aryl methyl sites for hydroxylation is 1. The molecular weight excluding hydrogens is 352 g/mol. The zero-order chi connectivity index (χ0) is 17.9. The first-order valence-electron chi connectivity index (χ1n) is 6.98. The zero-order valence-corrected chi connectivity index (χ0v) is 15.0. The van der Waals surface area contributed by atoms with Crippen LogP contribution in [0.15, 0.2) is 29.2 Å². The summed E-state index contributed by atoms with van der Waals surface area (Å²) in [5, 5.41) is 2.80. The van der Waals surface area contributed by atoms with Crippen LogP contribution in [0.5, 0.6) is 0 Å². The van der Waals surface area contributed by atoms with Crippen LogP contribution in [0.4, 0.5) is 5.13 Å². The van der Waals surface area contributed by atoms with Crippen LogP contribution in [0.25, 0.3) is 0 Å². The second kappa shape index (κ2) is 7.10. The number of thiazole rings is 1. The summed E-state index contributed by atoms with van der Waals surface area (Å²) < 4.78 is 28.4. The van der Waals surface area contributed by atoms with Crippen molar-refractivity contribution in [3.8, 4) is 0 Å². The molecule has 128 valence electrons. The Morgan fingerprint density at radius 1 is 1.33 bits per heavy atom. The molecule has 1 heterocycles. The van der Waals surface area contributed by atoms with Crippen LogP contribution in [-0.4, -0.2) is 38.1 Å². The predicted octanol–water partition coefficient (Wildman–Crippen LogP) is 2.28. The van der Waals surface area contributed by atoms with Crippen molar-refractivity contribution in [3.63, 3.8) is 0 Å². The Balaban J connectivity index is 2.25. The number of esters is 1. The van der Waals surface area contributed by atoms with Gasteiger partial charge in [-0.2, -0.15) is 0 Å². The number of carbonyl (C=O) groups is 2. The van der Waals surface area contributed by atoms with Gasteiger partial charge in [0.15, 0.2) is 15.0 Å². The van der Waals surface area contributed by atoms with Gasteiger partial charge in [0.1, 0.15) is 4.88 Å². The minimum atomic E-state index is -3.40. The summed E-state index contributed by atoms with van der Waals surface area (Å²) in [6.07, 6.45) is 0. The Morgan fingerprint density at radius 2 is 2.04 bits per heavy atom. The van der Waals surface area contributed by atoms with Crippen LogP contribution < -0.4 is 5.32 Å². The summed E-state index contributed by atoms with van der Waals surface area (Å²) in [6, 6.07) is 5.77. The van der Waals surface area contributed by atoms with E-state index in [0.29, 0.717) is 10.6 Å². The van der Waals surface area contributed by atoms with Crippen molar-refractivity contribution in [3.05, 3.63) is 40.4 Å². The van der Waals surface area contributed by atoms with Gasteiger partial charge in [-0.15, -0.1) is 0 Å². The van der Waals surface area contributed by atoms with E-state index < -0.39 is 21.7 Å². The van der Waals surface area contributed by atoms with E-state index in [-0.39, 0.29) is 21.3 Å². The van der Waals surface area contributed by atoms with Gasteiger partial charge in [-0.25, -0.2) is 18.2 Å². The molecule has 0 saturated heterocycles. The van der Waals surface area contributed by atoms with Crippen molar-refractivity contribution in [2.75, 3.05) is 18.2 Å². The van der Waals surface area contributed by atoms with E-state index in [1.54, 1.807) is 6.92 Å². The number of sulfone groups is 1. The van der Waals surface area contributed by atoms with Gasteiger partial charge in [0, 0.05) is 5.56 Å². The Labute approximate surface area is 143 Å². The number of benzene rings is 1. The third-order valence-electron chi connectivity index (χ3n) is 3.22. The van der Waals surface area contributed by atoms with Gasteiger partial charge in [0.25, 0.3) is 5.91 Å². The fraction of sp³-hybridized carbons (Fsp3) is 0.267. The van der Waals surface area contributed by atoms with Gasteiger partial charge in [-0.1, -0.05) is 24.3 Å². The molecule has 1 amide bonds. The van der Waals surface area contributed by atoms with E-state index in [0.717, 1.165) is 11.3 Å². The maximum absolute atomic E-state index is 12.3. The quantitative estimate of drug-likeness (QED) is 0.812. The smallest absolute Gasteiger partial charge is 0.350 e. The summed E-state index contributed by atoms with van der Waals surface area (Å²) in [5.41, 5.74) is 0.640. The van der Waals surface area contributed by atoms with Gasteiger partial charge in [0.05, 0.1) is 23.5 Å². The monoisotopic (exact) mass is 368 g/mol. The number of nitrogens with zero attached hydrogens (tertiary/aromatic N) is 1. The minimum absolute atomic E-state index is 0.0494. The Bertz CT molecular complexity index is 887. The molecule has 9 heteroatoms. The minimum Gasteiger partial charge on any atom is -0.465 e. The maximum atomic E-state index is 12.3. The fourth-order valence-electron chi connectivity index (χ4n) is 1.90. The Kier molecular flexibility index (Phi) is 5.35. The molecule has 0 aliphatic rings. The van der Waals surface area contributed by atoms with Crippen LogP contribution >= 0.6 is 11.3 Å². The molecule has 0 radical (unpaired) electrons. The van der Waals surface area contributed by atoms with Crippen molar-refractivity contribution < 1.29 is 22.7 Å². The summed E-state index contributed by atoms with van der Waals surface area (Å²) in [5.74, 6) is -1.08. The number of hydrogen-bond acceptors (Lipinski definition) is 7. The average Bonchev–Trinajstić information content (AvgIpc) is 2.94. The molecule has 0 aliphatic heterocycles. The van der Waals surface area contributed by atoms with Crippen molar-refractivity contribution in [2.24, 2.45) is 0 Å². The topological polar surface area (TPSA) is 102 Å². The summed E-state index contributed by atoms with van der Waals surface area (Å²) in [7, 11) is -2.14. The Hall–Kier alpha value is -2.26. The number of aromatic nitrogens is 1. The molecule has 7 nitrogen and oxygen atoms in total. The lowest BCUT2D eigenvalue weighted by Gasteiger charge is -2.05. The molecule has 0 unspecified atom stereocenters. The lowest BCUT2D eigenvalue weighted by atomic mass is 10.2. The average molecular weight is 368 g/mol. The third kappa shape index (κ3) is 3.80. The first-order valence-corrected chi connectivity index (χ1v) is 9.45.